The maximum Gasteiger partial charge on any atom is 0.335 e. The Morgan fingerprint density at radius 3 is 0.800 bits per heavy atom. The van der Waals surface area contributed by atoms with Gasteiger partial charge in [0.2, 0.25) is 0 Å². The molecule has 6 aromatic rings. The van der Waals surface area contributed by atoms with Gasteiger partial charge in [-0.15, -0.1) is 0 Å². The van der Waals surface area contributed by atoms with Crippen molar-refractivity contribution in [3.8, 4) is 0 Å². The molecule has 0 aliphatic carbocycles. The van der Waals surface area contributed by atoms with Gasteiger partial charge in [-0.2, -0.15) is 0 Å². The van der Waals surface area contributed by atoms with Crippen LogP contribution in [0.15, 0.2) is 170 Å². The SMILES string of the molecule is O=C(O)c1ccc([Si](O[Si](c2ccccc2)(c2ccccc2)c2ccccc2)(c2ccccc2)c2ccc(C(=O)O)cc2)cc1. The molecular weight excluding hydrogens is 593 g/mol. The Morgan fingerprint density at radius 2 is 0.578 bits per heavy atom. The highest BCUT2D eigenvalue weighted by molar-refractivity contribution is 7.18. The molecule has 0 atom stereocenters. The molecule has 0 saturated carbocycles. The zero-order valence-corrected chi connectivity index (χ0v) is 26.3. The number of aromatic carboxylic acids is 2. The molecule has 0 fully saturated rings. The average Bonchev–Trinajstić information content (AvgIpc) is 3.11. The normalized spacial score (nSPS) is 11.6. The molecule has 0 amide bonds. The van der Waals surface area contributed by atoms with Crippen molar-refractivity contribution >= 4 is 59.7 Å². The highest BCUT2D eigenvalue weighted by Crippen LogP contribution is 2.20. The van der Waals surface area contributed by atoms with Crippen LogP contribution in [-0.2, 0) is 4.12 Å². The number of hydrogen-bond donors (Lipinski definition) is 2. The molecule has 0 spiro atoms. The predicted molar refractivity (Wildman–Crippen MR) is 183 cm³/mol. The first kappa shape index (κ1) is 29.7. The topological polar surface area (TPSA) is 83.8 Å². The van der Waals surface area contributed by atoms with Crippen LogP contribution >= 0.6 is 0 Å². The second kappa shape index (κ2) is 12.7. The third-order valence-corrected chi connectivity index (χ3v) is 17.4. The molecule has 7 heteroatoms. The van der Waals surface area contributed by atoms with Crippen LogP contribution in [0.2, 0.25) is 0 Å². The van der Waals surface area contributed by atoms with Crippen molar-refractivity contribution in [3.63, 3.8) is 0 Å². The van der Waals surface area contributed by atoms with Crippen molar-refractivity contribution in [2.45, 2.75) is 0 Å². The van der Waals surface area contributed by atoms with Gasteiger partial charge in [-0.1, -0.05) is 146 Å². The van der Waals surface area contributed by atoms with Gasteiger partial charge in [0.25, 0.3) is 16.6 Å². The summed E-state index contributed by atoms with van der Waals surface area (Å²) in [5.74, 6) is -2.02. The summed E-state index contributed by atoms with van der Waals surface area (Å²) in [4.78, 5) is 23.8. The molecule has 0 unspecified atom stereocenters. The van der Waals surface area contributed by atoms with Crippen LogP contribution in [0.3, 0.4) is 0 Å². The highest BCUT2D eigenvalue weighted by atomic mass is 28.4. The molecule has 220 valence electrons. The third kappa shape index (κ3) is 5.56. The Bertz CT molecular complexity index is 1740. The van der Waals surface area contributed by atoms with E-state index in [1.807, 2.05) is 97.1 Å². The van der Waals surface area contributed by atoms with Gasteiger partial charge in [-0.25, -0.2) is 9.59 Å². The second-order valence-corrected chi connectivity index (χ2v) is 17.7. The lowest BCUT2D eigenvalue weighted by molar-refractivity contribution is 0.0686. The van der Waals surface area contributed by atoms with Crippen molar-refractivity contribution in [1.29, 1.82) is 0 Å². The minimum atomic E-state index is -3.55. The van der Waals surface area contributed by atoms with E-state index in [1.54, 1.807) is 24.3 Å². The molecule has 0 heterocycles. The fourth-order valence-electron chi connectivity index (χ4n) is 5.97. The molecule has 5 nitrogen and oxygen atoms in total. The maximum atomic E-state index is 11.9. The summed E-state index contributed by atoms with van der Waals surface area (Å²) in [6.45, 7) is 0. The second-order valence-electron chi connectivity index (χ2n) is 10.7. The van der Waals surface area contributed by atoms with E-state index in [0.717, 1.165) is 31.1 Å². The van der Waals surface area contributed by atoms with E-state index in [-0.39, 0.29) is 11.1 Å². The Hall–Kier alpha value is -5.35. The van der Waals surface area contributed by atoms with Crippen LogP contribution in [0, 0.1) is 0 Å². The summed E-state index contributed by atoms with van der Waals surface area (Å²) in [7, 11) is -6.90. The van der Waals surface area contributed by atoms with Gasteiger partial charge in [0.15, 0.2) is 0 Å². The van der Waals surface area contributed by atoms with E-state index in [4.69, 9.17) is 4.12 Å². The van der Waals surface area contributed by atoms with Gasteiger partial charge in [0.1, 0.15) is 0 Å². The van der Waals surface area contributed by atoms with E-state index in [2.05, 4.69) is 48.5 Å². The lowest BCUT2D eigenvalue weighted by Crippen LogP contribution is -2.81. The summed E-state index contributed by atoms with van der Waals surface area (Å²) in [6, 6.07) is 54.8. The summed E-state index contributed by atoms with van der Waals surface area (Å²) in [5.41, 5.74) is 0.349. The summed E-state index contributed by atoms with van der Waals surface area (Å²) in [6.07, 6.45) is 0. The van der Waals surface area contributed by atoms with E-state index in [1.165, 1.54) is 0 Å². The zero-order valence-electron chi connectivity index (χ0n) is 24.3. The number of rotatable bonds is 10. The van der Waals surface area contributed by atoms with Crippen LogP contribution in [0.5, 0.6) is 0 Å². The van der Waals surface area contributed by atoms with E-state index in [9.17, 15) is 19.8 Å². The molecule has 0 saturated heterocycles. The van der Waals surface area contributed by atoms with E-state index >= 15 is 0 Å². The predicted octanol–water partition coefficient (Wildman–Crippen LogP) is 3.73. The Kier molecular flexibility index (Phi) is 8.40. The molecule has 0 bridgehead atoms. The lowest BCUT2D eigenvalue weighted by Gasteiger charge is -2.44. The van der Waals surface area contributed by atoms with Crippen LogP contribution in [-0.4, -0.2) is 38.8 Å². The first-order valence-corrected chi connectivity index (χ1v) is 18.4. The molecule has 2 N–H and O–H groups in total. The van der Waals surface area contributed by atoms with Crippen molar-refractivity contribution in [1.82, 2.24) is 0 Å². The van der Waals surface area contributed by atoms with Crippen LogP contribution in [0.4, 0.5) is 0 Å². The Labute approximate surface area is 263 Å². The monoisotopic (exact) mass is 622 g/mol. The molecule has 0 aromatic heterocycles. The van der Waals surface area contributed by atoms with Crippen molar-refractivity contribution < 1.29 is 23.9 Å². The molecule has 0 radical (unpaired) electrons. The number of benzene rings is 6. The van der Waals surface area contributed by atoms with E-state index < -0.39 is 28.6 Å². The van der Waals surface area contributed by atoms with Crippen molar-refractivity contribution in [3.05, 3.63) is 181 Å². The lowest BCUT2D eigenvalue weighted by atomic mass is 10.2. The highest BCUT2D eigenvalue weighted by Gasteiger charge is 2.52. The number of hydrogen-bond acceptors (Lipinski definition) is 3. The Morgan fingerprint density at radius 1 is 0.356 bits per heavy atom. The summed E-state index contributed by atoms with van der Waals surface area (Å²) in [5, 5.41) is 25.3. The Balaban J connectivity index is 1.76. The largest absolute Gasteiger partial charge is 0.478 e. The minimum absolute atomic E-state index is 0.175. The van der Waals surface area contributed by atoms with Gasteiger partial charge < -0.3 is 14.3 Å². The average molecular weight is 623 g/mol. The van der Waals surface area contributed by atoms with Crippen molar-refractivity contribution in [2.24, 2.45) is 0 Å². The van der Waals surface area contributed by atoms with Gasteiger partial charge in [0.05, 0.1) is 11.1 Å². The maximum absolute atomic E-state index is 11.9. The van der Waals surface area contributed by atoms with E-state index in [0.29, 0.717) is 0 Å². The summed E-state index contributed by atoms with van der Waals surface area (Å²) < 4.78 is 8.13. The molecule has 0 aliphatic rings. The van der Waals surface area contributed by atoms with Crippen LogP contribution in [0.1, 0.15) is 20.7 Å². The van der Waals surface area contributed by atoms with Crippen LogP contribution in [0.25, 0.3) is 0 Å². The minimum Gasteiger partial charge on any atom is -0.478 e. The fourth-order valence-corrected chi connectivity index (χ4v) is 16.6. The number of carboxylic acids is 2. The molecule has 0 aliphatic heterocycles. The summed E-state index contributed by atoms with van der Waals surface area (Å²) >= 11 is 0. The van der Waals surface area contributed by atoms with Gasteiger partial charge in [-0.3, -0.25) is 0 Å². The quantitative estimate of drug-likeness (QED) is 0.180. The third-order valence-electron chi connectivity index (χ3n) is 8.10. The smallest absolute Gasteiger partial charge is 0.335 e. The molecule has 45 heavy (non-hydrogen) atoms. The van der Waals surface area contributed by atoms with Crippen molar-refractivity contribution in [2.75, 3.05) is 0 Å². The standard InChI is InChI=1S/C38H30O5Si2/c39-37(40)29-21-25-35(26-22-29)45(34-19-11-4-12-20-34,36-27-23-30(24-28-36)38(41)42)43-44(31-13-5-1-6-14-31,32-15-7-2-8-16-32)33-17-9-3-10-18-33/h1-28H,(H,39,40)(H,41,42). The number of carbonyl (C=O) groups is 2. The fraction of sp³-hybridized carbons (Fsp3) is 0. The van der Waals surface area contributed by atoms with Gasteiger partial charge in [-0.05, 0) is 55.4 Å². The number of carboxylic acid groups (broad SMARTS) is 2. The molecule has 6 rings (SSSR count). The molecular formula is C38H30O5Si2. The van der Waals surface area contributed by atoms with Crippen LogP contribution < -0.4 is 31.1 Å². The first-order chi connectivity index (χ1) is 21.9. The molecule has 6 aromatic carbocycles. The van der Waals surface area contributed by atoms with Gasteiger partial charge in [0, 0.05) is 0 Å². The van der Waals surface area contributed by atoms with Gasteiger partial charge >= 0.3 is 11.9 Å². The zero-order chi connectivity index (χ0) is 31.3. The first-order valence-electron chi connectivity index (χ1n) is 14.5.